The van der Waals surface area contributed by atoms with Crippen LogP contribution in [0, 0.1) is 4.91 Å². The predicted octanol–water partition coefficient (Wildman–Crippen LogP) is 0.771. The van der Waals surface area contributed by atoms with Gasteiger partial charge in [-0.3, -0.25) is 19.9 Å². The van der Waals surface area contributed by atoms with Crippen LogP contribution in [0.15, 0.2) is 15.0 Å². The van der Waals surface area contributed by atoms with E-state index in [1.165, 1.54) is 6.92 Å². The van der Waals surface area contributed by atoms with Gasteiger partial charge >= 0.3 is 0 Å². The van der Waals surface area contributed by atoms with Gasteiger partial charge in [0.1, 0.15) is 6.04 Å². The minimum atomic E-state index is -0.565. The SMILES string of the molecule is CCC(N=O)C1=Nc2c(nc(NC(C)=O)[nH]c2=O)NC1. The molecule has 0 bridgehead atoms. The molecule has 9 nitrogen and oxygen atoms in total. The van der Waals surface area contributed by atoms with Crippen LogP contribution in [0.3, 0.4) is 0 Å². The van der Waals surface area contributed by atoms with Gasteiger partial charge < -0.3 is 5.32 Å². The van der Waals surface area contributed by atoms with Crippen LogP contribution in [0.5, 0.6) is 0 Å². The van der Waals surface area contributed by atoms with Crippen LogP contribution in [0.25, 0.3) is 0 Å². The lowest BCUT2D eigenvalue weighted by Crippen LogP contribution is -2.30. The van der Waals surface area contributed by atoms with Gasteiger partial charge in [0.25, 0.3) is 5.56 Å². The number of hydrogen-bond acceptors (Lipinski definition) is 7. The highest BCUT2D eigenvalue weighted by Crippen LogP contribution is 2.23. The molecule has 1 aromatic heterocycles. The van der Waals surface area contributed by atoms with Crippen LogP contribution in [-0.2, 0) is 4.79 Å². The molecule has 0 aliphatic carbocycles. The molecule has 0 aromatic carbocycles. The number of anilines is 2. The Hall–Kier alpha value is -2.58. The molecule has 1 atom stereocenters. The fourth-order valence-corrected chi connectivity index (χ4v) is 1.84. The number of nitrogens with one attached hydrogen (secondary N) is 3. The van der Waals surface area contributed by atoms with Crippen molar-refractivity contribution in [1.82, 2.24) is 9.97 Å². The normalized spacial score (nSPS) is 14.6. The summed E-state index contributed by atoms with van der Waals surface area (Å²) < 4.78 is 0. The molecule has 106 valence electrons. The standard InChI is InChI=1S/C11H14N6O3/c1-3-6(17-20)7-4-12-9-8(14-7)10(19)16-11(15-9)13-5(2)18/h6H,3-4H2,1-2H3,(H3,12,13,15,16,18,19). The molecule has 1 aliphatic heterocycles. The van der Waals surface area contributed by atoms with Crippen molar-refractivity contribution in [3.8, 4) is 0 Å². The summed E-state index contributed by atoms with van der Waals surface area (Å²) in [6, 6.07) is -0.565. The average Bonchev–Trinajstić information content (AvgIpc) is 2.40. The number of H-pyrrole nitrogens is 1. The maximum Gasteiger partial charge on any atom is 0.280 e. The number of hydrogen-bond donors (Lipinski definition) is 3. The third kappa shape index (κ3) is 2.71. The largest absolute Gasteiger partial charge is 0.363 e. The van der Waals surface area contributed by atoms with Gasteiger partial charge in [-0.1, -0.05) is 12.1 Å². The second-order valence-electron chi connectivity index (χ2n) is 4.28. The van der Waals surface area contributed by atoms with Crippen molar-refractivity contribution in [1.29, 1.82) is 0 Å². The number of aromatic amines is 1. The molecule has 0 spiro atoms. The van der Waals surface area contributed by atoms with Gasteiger partial charge in [-0.05, 0) is 6.42 Å². The molecule has 0 saturated carbocycles. The number of nitrogens with zero attached hydrogens (tertiary/aromatic N) is 3. The number of amides is 1. The molecule has 2 heterocycles. The van der Waals surface area contributed by atoms with Gasteiger partial charge in [0.2, 0.25) is 11.9 Å². The van der Waals surface area contributed by atoms with Crippen molar-refractivity contribution in [2.45, 2.75) is 26.3 Å². The van der Waals surface area contributed by atoms with Crippen molar-refractivity contribution >= 4 is 29.1 Å². The van der Waals surface area contributed by atoms with E-state index in [2.05, 4.69) is 30.8 Å². The summed E-state index contributed by atoms with van der Waals surface area (Å²) >= 11 is 0. The number of carbonyl (C=O) groups excluding carboxylic acids is 1. The van der Waals surface area contributed by atoms with Gasteiger partial charge in [-0.2, -0.15) is 9.89 Å². The van der Waals surface area contributed by atoms with E-state index in [1.807, 2.05) is 6.92 Å². The minimum Gasteiger partial charge on any atom is -0.363 e. The van der Waals surface area contributed by atoms with Crippen LogP contribution in [0.1, 0.15) is 20.3 Å². The Kier molecular flexibility index (Phi) is 3.87. The highest BCUT2D eigenvalue weighted by atomic mass is 16.3. The summed E-state index contributed by atoms with van der Waals surface area (Å²) in [6.07, 6.45) is 0.509. The number of rotatable bonds is 4. The molecule has 0 fully saturated rings. The first-order valence-electron chi connectivity index (χ1n) is 6.10. The fraction of sp³-hybridized carbons (Fsp3) is 0.455. The van der Waals surface area contributed by atoms with E-state index in [-0.39, 0.29) is 29.9 Å². The molecule has 1 aromatic rings. The summed E-state index contributed by atoms with van der Waals surface area (Å²) in [5.41, 5.74) is 0.0845. The Morgan fingerprint density at radius 2 is 2.30 bits per heavy atom. The summed E-state index contributed by atoms with van der Waals surface area (Å²) in [5, 5.41) is 8.27. The van der Waals surface area contributed by atoms with Crippen molar-refractivity contribution in [2.24, 2.45) is 10.2 Å². The minimum absolute atomic E-state index is 0.0490. The molecule has 1 aliphatic rings. The predicted molar refractivity (Wildman–Crippen MR) is 74.6 cm³/mol. The van der Waals surface area contributed by atoms with Crippen LogP contribution in [0.4, 0.5) is 17.5 Å². The monoisotopic (exact) mass is 278 g/mol. The zero-order valence-corrected chi connectivity index (χ0v) is 11.1. The van der Waals surface area contributed by atoms with E-state index < -0.39 is 11.6 Å². The molecular formula is C11H14N6O3. The molecule has 0 radical (unpaired) electrons. The summed E-state index contributed by atoms with van der Waals surface area (Å²) in [4.78, 5) is 44.2. The highest BCUT2D eigenvalue weighted by Gasteiger charge is 2.22. The number of aromatic nitrogens is 2. The Morgan fingerprint density at radius 1 is 1.55 bits per heavy atom. The maximum absolute atomic E-state index is 11.9. The van der Waals surface area contributed by atoms with Crippen molar-refractivity contribution < 1.29 is 4.79 Å². The first-order valence-corrected chi connectivity index (χ1v) is 6.10. The Bertz CT molecular complexity index is 636. The maximum atomic E-state index is 11.9. The zero-order chi connectivity index (χ0) is 14.7. The number of nitroso groups, excluding NO2 is 1. The number of carbonyl (C=O) groups is 1. The first-order chi connectivity index (χ1) is 9.55. The average molecular weight is 278 g/mol. The lowest BCUT2D eigenvalue weighted by Gasteiger charge is -2.18. The van der Waals surface area contributed by atoms with E-state index in [0.717, 1.165) is 0 Å². The van der Waals surface area contributed by atoms with E-state index in [1.54, 1.807) is 0 Å². The molecule has 1 unspecified atom stereocenters. The topological polar surface area (TPSA) is 129 Å². The van der Waals surface area contributed by atoms with Crippen molar-refractivity contribution in [3.05, 3.63) is 15.3 Å². The van der Waals surface area contributed by atoms with Crippen LogP contribution in [0.2, 0.25) is 0 Å². The molecule has 1 amide bonds. The lowest BCUT2D eigenvalue weighted by molar-refractivity contribution is -0.114. The lowest BCUT2D eigenvalue weighted by atomic mass is 10.1. The van der Waals surface area contributed by atoms with Gasteiger partial charge in [-0.15, -0.1) is 0 Å². The van der Waals surface area contributed by atoms with Gasteiger partial charge in [-0.25, -0.2) is 4.99 Å². The van der Waals surface area contributed by atoms with E-state index in [0.29, 0.717) is 12.1 Å². The van der Waals surface area contributed by atoms with Crippen LogP contribution >= 0.6 is 0 Å². The van der Waals surface area contributed by atoms with Crippen LogP contribution in [-0.4, -0.2) is 34.2 Å². The second-order valence-corrected chi connectivity index (χ2v) is 4.28. The van der Waals surface area contributed by atoms with Crippen LogP contribution < -0.4 is 16.2 Å². The summed E-state index contributed by atoms with van der Waals surface area (Å²) in [7, 11) is 0. The summed E-state index contributed by atoms with van der Waals surface area (Å²) in [6.45, 7) is 3.41. The Balaban J connectivity index is 2.41. The number of fused-ring (bicyclic) bond motifs is 1. The van der Waals surface area contributed by atoms with Crippen molar-refractivity contribution in [3.63, 3.8) is 0 Å². The molecule has 0 saturated heterocycles. The van der Waals surface area contributed by atoms with Gasteiger partial charge in [0.15, 0.2) is 11.5 Å². The number of aliphatic imine (C=N–C) groups is 1. The Morgan fingerprint density at radius 3 is 2.90 bits per heavy atom. The zero-order valence-electron chi connectivity index (χ0n) is 11.1. The Labute approximate surface area is 113 Å². The quantitative estimate of drug-likeness (QED) is 0.700. The molecule has 3 N–H and O–H groups in total. The second kappa shape index (κ2) is 5.59. The van der Waals surface area contributed by atoms with Gasteiger partial charge in [0, 0.05) is 6.92 Å². The third-order valence-electron chi connectivity index (χ3n) is 2.78. The van der Waals surface area contributed by atoms with Crippen molar-refractivity contribution in [2.75, 3.05) is 17.2 Å². The smallest absolute Gasteiger partial charge is 0.280 e. The van der Waals surface area contributed by atoms with E-state index in [9.17, 15) is 14.5 Å². The molecular weight excluding hydrogens is 264 g/mol. The summed E-state index contributed by atoms with van der Waals surface area (Å²) in [5.74, 6) is -0.0285. The first kappa shape index (κ1) is 13.8. The highest BCUT2D eigenvalue weighted by molar-refractivity contribution is 5.98. The van der Waals surface area contributed by atoms with E-state index >= 15 is 0 Å². The molecule has 2 rings (SSSR count). The molecule has 9 heteroatoms. The van der Waals surface area contributed by atoms with E-state index in [4.69, 9.17) is 0 Å². The fourth-order valence-electron chi connectivity index (χ4n) is 1.84. The third-order valence-corrected chi connectivity index (χ3v) is 2.78. The molecule has 20 heavy (non-hydrogen) atoms. The van der Waals surface area contributed by atoms with Gasteiger partial charge in [0.05, 0.1) is 12.3 Å².